The van der Waals surface area contributed by atoms with Gasteiger partial charge < -0.3 is 0 Å². The van der Waals surface area contributed by atoms with Gasteiger partial charge in [-0.05, 0) is 12.2 Å². The molecule has 0 saturated heterocycles. The van der Waals surface area contributed by atoms with E-state index in [0.29, 0.717) is 6.29 Å². The fourth-order valence-corrected chi connectivity index (χ4v) is 0.769. The van der Waals surface area contributed by atoms with Gasteiger partial charge in [0.15, 0.2) is 0 Å². The van der Waals surface area contributed by atoms with Crippen LogP contribution in [0.1, 0.15) is 6.42 Å². The summed E-state index contributed by atoms with van der Waals surface area (Å²) in [6.45, 7) is 0. The lowest BCUT2D eigenvalue weighted by Crippen LogP contribution is -2.07. The summed E-state index contributed by atoms with van der Waals surface area (Å²) in [5.41, 5.74) is -0.111. The molecule has 1 aliphatic rings. The SMILES string of the molecule is O=CC1=CC(F)=CCC1F. The third-order valence-corrected chi connectivity index (χ3v) is 1.32. The standard InChI is InChI=1S/C7H6F2O/c8-6-1-2-7(9)5(3-6)4-10/h1,3-4,7H,2H2. The van der Waals surface area contributed by atoms with Gasteiger partial charge in [0.1, 0.15) is 18.3 Å². The minimum absolute atomic E-state index is 0.0313. The second kappa shape index (κ2) is 2.73. The van der Waals surface area contributed by atoms with Crippen molar-refractivity contribution in [2.45, 2.75) is 12.6 Å². The number of rotatable bonds is 1. The lowest BCUT2D eigenvalue weighted by molar-refractivity contribution is -0.105. The summed E-state index contributed by atoms with van der Waals surface area (Å²) >= 11 is 0. The highest BCUT2D eigenvalue weighted by Crippen LogP contribution is 2.19. The van der Waals surface area contributed by atoms with Gasteiger partial charge in [-0.25, -0.2) is 8.78 Å². The van der Waals surface area contributed by atoms with Crippen LogP contribution in [-0.4, -0.2) is 12.5 Å². The molecular formula is C7H6F2O. The maximum absolute atomic E-state index is 12.5. The highest BCUT2D eigenvalue weighted by Gasteiger charge is 2.15. The van der Waals surface area contributed by atoms with E-state index in [1.54, 1.807) is 0 Å². The first-order valence-corrected chi connectivity index (χ1v) is 2.90. The Morgan fingerprint density at radius 3 is 2.90 bits per heavy atom. The molecule has 0 aromatic carbocycles. The van der Waals surface area contributed by atoms with Crippen LogP contribution in [-0.2, 0) is 4.79 Å². The first-order valence-electron chi connectivity index (χ1n) is 2.90. The second-order valence-corrected chi connectivity index (χ2v) is 2.05. The van der Waals surface area contributed by atoms with Gasteiger partial charge in [0.25, 0.3) is 0 Å². The molecule has 0 N–H and O–H groups in total. The molecule has 54 valence electrons. The largest absolute Gasteiger partial charge is 0.298 e. The molecule has 10 heavy (non-hydrogen) atoms. The Labute approximate surface area is 57.0 Å². The van der Waals surface area contributed by atoms with Crippen molar-refractivity contribution in [3.63, 3.8) is 0 Å². The van der Waals surface area contributed by atoms with E-state index in [4.69, 9.17) is 0 Å². The van der Waals surface area contributed by atoms with E-state index in [1.807, 2.05) is 0 Å². The van der Waals surface area contributed by atoms with Crippen molar-refractivity contribution >= 4 is 6.29 Å². The van der Waals surface area contributed by atoms with E-state index >= 15 is 0 Å². The quantitative estimate of drug-likeness (QED) is 0.512. The molecule has 1 atom stereocenters. The van der Waals surface area contributed by atoms with Crippen molar-refractivity contribution in [1.29, 1.82) is 0 Å². The molecule has 0 heterocycles. The van der Waals surface area contributed by atoms with Crippen molar-refractivity contribution in [2.24, 2.45) is 0 Å². The van der Waals surface area contributed by atoms with Crippen molar-refractivity contribution < 1.29 is 13.6 Å². The summed E-state index contributed by atoms with van der Waals surface area (Å²) < 4.78 is 24.8. The highest BCUT2D eigenvalue weighted by atomic mass is 19.1. The van der Waals surface area contributed by atoms with E-state index in [0.717, 1.165) is 12.2 Å². The predicted octanol–water partition coefficient (Wildman–Crippen LogP) is 1.71. The number of carbonyl (C=O) groups excluding carboxylic acids is 1. The van der Waals surface area contributed by atoms with E-state index < -0.39 is 12.0 Å². The van der Waals surface area contributed by atoms with Crippen LogP contribution in [0.25, 0.3) is 0 Å². The van der Waals surface area contributed by atoms with Gasteiger partial charge in [-0.2, -0.15) is 0 Å². The smallest absolute Gasteiger partial charge is 0.149 e. The van der Waals surface area contributed by atoms with Crippen molar-refractivity contribution in [2.75, 3.05) is 0 Å². The lowest BCUT2D eigenvalue weighted by atomic mass is 10.0. The maximum Gasteiger partial charge on any atom is 0.149 e. The van der Waals surface area contributed by atoms with Crippen molar-refractivity contribution in [3.05, 3.63) is 23.6 Å². The molecule has 3 heteroatoms. The summed E-state index contributed by atoms with van der Waals surface area (Å²) in [5, 5.41) is 0. The van der Waals surface area contributed by atoms with Gasteiger partial charge >= 0.3 is 0 Å². The Bertz CT molecular complexity index is 206. The van der Waals surface area contributed by atoms with Crippen LogP contribution >= 0.6 is 0 Å². The molecule has 0 aliphatic heterocycles. The molecule has 1 rings (SSSR count). The van der Waals surface area contributed by atoms with Crippen LogP contribution in [0, 0.1) is 0 Å². The fourth-order valence-electron chi connectivity index (χ4n) is 0.769. The van der Waals surface area contributed by atoms with E-state index in [-0.39, 0.29) is 12.0 Å². The molecule has 0 amide bonds. The van der Waals surface area contributed by atoms with Gasteiger partial charge in [-0.1, -0.05) is 0 Å². The van der Waals surface area contributed by atoms with E-state index in [2.05, 4.69) is 0 Å². The van der Waals surface area contributed by atoms with Crippen LogP contribution in [0.4, 0.5) is 8.78 Å². The number of allylic oxidation sites excluding steroid dienone is 4. The summed E-state index contributed by atoms with van der Waals surface area (Å²) in [6.07, 6.45) is 1.03. The summed E-state index contributed by atoms with van der Waals surface area (Å²) in [7, 11) is 0. The number of hydrogen-bond donors (Lipinski definition) is 0. The maximum atomic E-state index is 12.5. The number of carbonyl (C=O) groups is 1. The molecule has 0 fully saturated rings. The second-order valence-electron chi connectivity index (χ2n) is 2.05. The first kappa shape index (κ1) is 7.12. The topological polar surface area (TPSA) is 17.1 Å². The molecule has 0 saturated carbocycles. The molecule has 0 aromatic rings. The fraction of sp³-hybridized carbons (Fsp3) is 0.286. The lowest BCUT2D eigenvalue weighted by Gasteiger charge is -2.08. The molecule has 1 nitrogen and oxygen atoms in total. The molecule has 0 radical (unpaired) electrons. The Hall–Kier alpha value is -0.990. The molecule has 1 unspecified atom stereocenters. The summed E-state index contributed by atoms with van der Waals surface area (Å²) in [6, 6.07) is 0. The molecule has 0 aromatic heterocycles. The van der Waals surface area contributed by atoms with Gasteiger partial charge in [-0.3, -0.25) is 4.79 Å². The van der Waals surface area contributed by atoms with E-state index in [1.165, 1.54) is 0 Å². The van der Waals surface area contributed by atoms with Gasteiger partial charge in [0, 0.05) is 12.0 Å². The van der Waals surface area contributed by atoms with Crippen LogP contribution in [0.2, 0.25) is 0 Å². The Kier molecular flexibility index (Phi) is 1.94. The van der Waals surface area contributed by atoms with Crippen LogP contribution in [0.15, 0.2) is 23.6 Å². The summed E-state index contributed by atoms with van der Waals surface area (Å²) in [5.74, 6) is -0.531. The zero-order valence-electron chi connectivity index (χ0n) is 5.18. The number of aldehydes is 1. The Morgan fingerprint density at radius 2 is 2.40 bits per heavy atom. The van der Waals surface area contributed by atoms with Crippen LogP contribution in [0.3, 0.4) is 0 Å². The average molecular weight is 144 g/mol. The van der Waals surface area contributed by atoms with Crippen LogP contribution in [0.5, 0.6) is 0 Å². The first-order chi connectivity index (χ1) is 4.74. The number of halogens is 2. The minimum atomic E-state index is -1.32. The van der Waals surface area contributed by atoms with Crippen molar-refractivity contribution in [3.8, 4) is 0 Å². The predicted molar refractivity (Wildman–Crippen MR) is 32.9 cm³/mol. The molecular weight excluding hydrogens is 138 g/mol. The molecule has 0 bridgehead atoms. The summed E-state index contributed by atoms with van der Waals surface area (Å²) in [4.78, 5) is 10.0. The Balaban J connectivity index is 2.83. The minimum Gasteiger partial charge on any atom is -0.298 e. The third-order valence-electron chi connectivity index (χ3n) is 1.32. The number of hydrogen-bond acceptors (Lipinski definition) is 1. The van der Waals surface area contributed by atoms with E-state index in [9.17, 15) is 13.6 Å². The Morgan fingerprint density at radius 1 is 1.70 bits per heavy atom. The molecule has 1 aliphatic carbocycles. The van der Waals surface area contributed by atoms with Gasteiger partial charge in [0.05, 0.1) is 0 Å². The zero-order valence-corrected chi connectivity index (χ0v) is 5.18. The highest BCUT2D eigenvalue weighted by molar-refractivity contribution is 5.76. The van der Waals surface area contributed by atoms with Gasteiger partial charge in [0.2, 0.25) is 0 Å². The monoisotopic (exact) mass is 144 g/mol. The zero-order chi connectivity index (χ0) is 7.56. The van der Waals surface area contributed by atoms with Crippen LogP contribution < -0.4 is 0 Å². The average Bonchev–Trinajstić information content (AvgIpc) is 1.94. The molecule has 0 spiro atoms. The third kappa shape index (κ3) is 1.29. The van der Waals surface area contributed by atoms with Crippen molar-refractivity contribution in [1.82, 2.24) is 0 Å². The number of alkyl halides is 1. The normalized spacial score (nSPS) is 25.2. The van der Waals surface area contributed by atoms with Gasteiger partial charge in [-0.15, -0.1) is 0 Å².